The van der Waals surface area contributed by atoms with Crippen LogP contribution in [0.2, 0.25) is 0 Å². The third kappa shape index (κ3) is 6.06. The van der Waals surface area contributed by atoms with E-state index in [0.717, 1.165) is 30.0 Å². The van der Waals surface area contributed by atoms with Crippen LogP contribution in [0.5, 0.6) is 5.75 Å². The molecule has 180 valence electrons. The summed E-state index contributed by atoms with van der Waals surface area (Å²) in [7, 11) is 1.70. The molecular weight excluding hydrogens is 426 g/mol. The molecular formula is C28H35N3O3. The number of nitrogens with one attached hydrogen (secondary N) is 1. The van der Waals surface area contributed by atoms with Crippen molar-refractivity contribution in [2.45, 2.75) is 31.7 Å². The number of nitrogens with zero attached hydrogens (tertiary/aromatic N) is 2. The molecule has 2 heterocycles. The van der Waals surface area contributed by atoms with Crippen LogP contribution in [0.25, 0.3) is 6.08 Å². The van der Waals surface area contributed by atoms with Gasteiger partial charge in [0.05, 0.1) is 13.2 Å². The molecule has 0 radical (unpaired) electrons. The Morgan fingerprint density at radius 3 is 2.38 bits per heavy atom. The number of methoxy groups -OCH3 is 1. The number of carbonyl (C=O) groups excluding carboxylic acids is 2. The van der Waals surface area contributed by atoms with Crippen molar-refractivity contribution in [3.8, 4) is 5.75 Å². The molecule has 1 atom stereocenters. The maximum atomic E-state index is 13.0. The highest BCUT2D eigenvalue weighted by Gasteiger charge is 2.29. The number of carbonyl (C=O) groups is 2. The zero-order chi connectivity index (χ0) is 23.8. The molecule has 34 heavy (non-hydrogen) atoms. The van der Waals surface area contributed by atoms with Crippen LogP contribution in [0.4, 0.5) is 0 Å². The van der Waals surface area contributed by atoms with Crippen molar-refractivity contribution < 1.29 is 14.3 Å². The van der Waals surface area contributed by atoms with E-state index in [2.05, 4.69) is 16.3 Å². The zero-order valence-corrected chi connectivity index (χ0v) is 20.0. The van der Waals surface area contributed by atoms with Crippen LogP contribution < -0.4 is 10.1 Å². The van der Waals surface area contributed by atoms with Gasteiger partial charge in [0.15, 0.2) is 0 Å². The fraction of sp³-hybridized carbons (Fsp3) is 0.429. The lowest BCUT2D eigenvalue weighted by molar-refractivity contribution is -0.132. The Bertz CT molecular complexity index is 977. The normalized spacial score (nSPS) is 18.2. The summed E-state index contributed by atoms with van der Waals surface area (Å²) in [4.78, 5) is 29.8. The van der Waals surface area contributed by atoms with E-state index in [4.69, 9.17) is 4.74 Å². The maximum absolute atomic E-state index is 13.0. The highest BCUT2D eigenvalue weighted by molar-refractivity contribution is 5.92. The van der Waals surface area contributed by atoms with Crippen molar-refractivity contribution in [3.05, 3.63) is 71.8 Å². The first kappa shape index (κ1) is 24.0. The number of hydrogen-bond acceptors (Lipinski definition) is 4. The predicted octanol–water partition coefficient (Wildman–Crippen LogP) is 3.90. The smallest absolute Gasteiger partial charge is 0.246 e. The molecule has 0 spiro atoms. The standard InChI is InChI=1S/C28H35N3O3/c1-34-26-12-6-5-11-24(26)25(30-17-7-8-18-30)21-29-28(33)23-15-19-31(20-16-23)27(32)14-13-22-9-3-2-4-10-22/h2-6,9-14,23,25H,7-8,15-21H2,1H3,(H,29,33)/b14-13+. The minimum absolute atomic E-state index is 0.00739. The van der Waals surface area contributed by atoms with Crippen molar-refractivity contribution in [3.63, 3.8) is 0 Å². The van der Waals surface area contributed by atoms with Gasteiger partial charge in [-0.2, -0.15) is 0 Å². The Morgan fingerprint density at radius 1 is 1.00 bits per heavy atom. The largest absolute Gasteiger partial charge is 0.496 e. The number of hydrogen-bond donors (Lipinski definition) is 1. The second kappa shape index (κ2) is 11.8. The summed E-state index contributed by atoms with van der Waals surface area (Å²) in [6, 6.07) is 18.0. The van der Waals surface area contributed by atoms with Crippen molar-refractivity contribution >= 4 is 17.9 Å². The quantitative estimate of drug-likeness (QED) is 0.606. The van der Waals surface area contributed by atoms with E-state index >= 15 is 0 Å². The molecule has 2 saturated heterocycles. The number of piperidine rings is 1. The highest BCUT2D eigenvalue weighted by Crippen LogP contribution is 2.31. The van der Waals surface area contributed by atoms with E-state index in [1.54, 1.807) is 13.2 Å². The monoisotopic (exact) mass is 461 g/mol. The number of likely N-dealkylation sites (tertiary alicyclic amines) is 2. The molecule has 2 fully saturated rings. The van der Waals surface area contributed by atoms with Gasteiger partial charge in [0.2, 0.25) is 11.8 Å². The summed E-state index contributed by atoms with van der Waals surface area (Å²) in [5, 5.41) is 3.22. The average Bonchev–Trinajstić information content (AvgIpc) is 3.43. The Morgan fingerprint density at radius 2 is 1.68 bits per heavy atom. The number of para-hydroxylation sites is 1. The molecule has 0 saturated carbocycles. The van der Waals surface area contributed by atoms with E-state index in [1.165, 1.54) is 12.8 Å². The third-order valence-electron chi connectivity index (χ3n) is 6.94. The van der Waals surface area contributed by atoms with Crippen LogP contribution in [-0.2, 0) is 9.59 Å². The fourth-order valence-electron chi connectivity index (χ4n) is 4.97. The SMILES string of the molecule is COc1ccccc1C(CNC(=O)C1CCN(C(=O)/C=C/c2ccccc2)CC1)N1CCCC1. The fourth-order valence-corrected chi connectivity index (χ4v) is 4.97. The molecule has 6 heteroatoms. The van der Waals surface area contributed by atoms with Gasteiger partial charge in [0, 0.05) is 37.2 Å². The van der Waals surface area contributed by atoms with Crippen molar-refractivity contribution in [1.82, 2.24) is 15.1 Å². The third-order valence-corrected chi connectivity index (χ3v) is 6.94. The first-order valence-electron chi connectivity index (χ1n) is 12.3. The van der Waals surface area contributed by atoms with Crippen LogP contribution in [-0.4, -0.2) is 61.4 Å². The topological polar surface area (TPSA) is 61.9 Å². The predicted molar refractivity (Wildman–Crippen MR) is 134 cm³/mol. The van der Waals surface area contributed by atoms with Gasteiger partial charge in [0.1, 0.15) is 5.75 Å². The molecule has 2 aliphatic rings. The average molecular weight is 462 g/mol. The van der Waals surface area contributed by atoms with E-state index in [1.807, 2.05) is 59.5 Å². The molecule has 2 aromatic rings. The molecule has 1 unspecified atom stereocenters. The molecule has 2 aliphatic heterocycles. The van der Waals surface area contributed by atoms with Gasteiger partial charge in [-0.3, -0.25) is 14.5 Å². The maximum Gasteiger partial charge on any atom is 0.246 e. The number of amides is 2. The zero-order valence-electron chi connectivity index (χ0n) is 20.0. The minimum atomic E-state index is -0.0564. The Labute approximate surface area is 202 Å². The Balaban J connectivity index is 1.30. The number of benzene rings is 2. The van der Waals surface area contributed by atoms with E-state index in [9.17, 15) is 9.59 Å². The number of rotatable bonds is 8. The second-order valence-electron chi connectivity index (χ2n) is 9.09. The van der Waals surface area contributed by atoms with Gasteiger partial charge in [-0.25, -0.2) is 0 Å². The first-order chi connectivity index (χ1) is 16.7. The van der Waals surface area contributed by atoms with Gasteiger partial charge < -0.3 is 15.0 Å². The number of ether oxygens (including phenoxy) is 1. The summed E-state index contributed by atoms with van der Waals surface area (Å²) in [6.45, 7) is 3.86. The van der Waals surface area contributed by atoms with Gasteiger partial charge in [-0.05, 0) is 56.5 Å². The van der Waals surface area contributed by atoms with Crippen LogP contribution >= 0.6 is 0 Å². The lowest BCUT2D eigenvalue weighted by Gasteiger charge is -2.32. The Kier molecular flexibility index (Phi) is 8.36. The van der Waals surface area contributed by atoms with Crippen molar-refractivity contribution in [1.29, 1.82) is 0 Å². The summed E-state index contributed by atoms with van der Waals surface area (Å²) < 4.78 is 5.61. The van der Waals surface area contributed by atoms with Gasteiger partial charge in [0.25, 0.3) is 0 Å². The van der Waals surface area contributed by atoms with Crippen LogP contribution in [0, 0.1) is 5.92 Å². The molecule has 0 aliphatic carbocycles. The summed E-state index contributed by atoms with van der Waals surface area (Å²) in [6.07, 6.45) is 7.23. The Hall–Kier alpha value is -3.12. The first-order valence-corrected chi connectivity index (χ1v) is 12.3. The van der Waals surface area contributed by atoms with E-state index in [-0.39, 0.29) is 23.8 Å². The van der Waals surface area contributed by atoms with Gasteiger partial charge >= 0.3 is 0 Å². The van der Waals surface area contributed by atoms with Gasteiger partial charge in [-0.1, -0.05) is 48.5 Å². The van der Waals surface area contributed by atoms with E-state index in [0.29, 0.717) is 32.5 Å². The summed E-state index contributed by atoms with van der Waals surface area (Å²) in [5.41, 5.74) is 2.13. The lowest BCUT2D eigenvalue weighted by atomic mass is 9.95. The van der Waals surface area contributed by atoms with E-state index < -0.39 is 0 Å². The molecule has 2 amide bonds. The van der Waals surface area contributed by atoms with Crippen LogP contribution in [0.3, 0.4) is 0 Å². The van der Waals surface area contributed by atoms with Crippen LogP contribution in [0.15, 0.2) is 60.7 Å². The molecule has 4 rings (SSSR count). The molecule has 2 aromatic carbocycles. The highest BCUT2D eigenvalue weighted by atomic mass is 16.5. The minimum Gasteiger partial charge on any atom is -0.496 e. The van der Waals surface area contributed by atoms with Crippen molar-refractivity contribution in [2.75, 3.05) is 39.8 Å². The molecule has 0 bridgehead atoms. The molecule has 6 nitrogen and oxygen atoms in total. The summed E-state index contributed by atoms with van der Waals surface area (Å²) in [5.74, 6) is 0.905. The second-order valence-corrected chi connectivity index (χ2v) is 9.09. The molecule has 0 aromatic heterocycles. The van der Waals surface area contributed by atoms with Crippen LogP contribution in [0.1, 0.15) is 42.9 Å². The van der Waals surface area contributed by atoms with Crippen molar-refractivity contribution in [2.24, 2.45) is 5.92 Å². The van der Waals surface area contributed by atoms with Gasteiger partial charge in [-0.15, -0.1) is 0 Å². The summed E-state index contributed by atoms with van der Waals surface area (Å²) >= 11 is 0. The molecule has 1 N–H and O–H groups in total. The lowest BCUT2D eigenvalue weighted by Crippen LogP contribution is -2.44.